The molecule has 0 fully saturated rings. The number of nitrogens with one attached hydrogen (secondary N) is 1. The summed E-state index contributed by atoms with van der Waals surface area (Å²) in [6.07, 6.45) is 0.846. The van der Waals surface area contributed by atoms with Crippen molar-refractivity contribution in [2.75, 3.05) is 13.7 Å². The van der Waals surface area contributed by atoms with Gasteiger partial charge in [-0.3, -0.25) is 0 Å². The van der Waals surface area contributed by atoms with Crippen LogP contribution in [-0.4, -0.2) is 24.9 Å². The maximum atomic E-state index is 13.2. The van der Waals surface area contributed by atoms with E-state index in [2.05, 4.69) is 5.32 Å². The summed E-state index contributed by atoms with van der Waals surface area (Å²) >= 11 is 0. The van der Waals surface area contributed by atoms with E-state index in [0.717, 1.165) is 12.0 Å². The maximum Gasteiger partial charge on any atom is 0.165 e. The molecule has 0 saturated carbocycles. The number of rotatable bonds is 6. The molecule has 1 rings (SSSR count). The highest BCUT2D eigenvalue weighted by molar-refractivity contribution is 5.31. The second kappa shape index (κ2) is 6.57. The largest absolute Gasteiger partial charge is 0.494 e. The van der Waals surface area contributed by atoms with Crippen LogP contribution in [0, 0.1) is 5.82 Å². The van der Waals surface area contributed by atoms with Gasteiger partial charge in [0.15, 0.2) is 11.6 Å². The van der Waals surface area contributed by atoms with Crippen molar-refractivity contribution in [1.82, 2.24) is 5.32 Å². The summed E-state index contributed by atoms with van der Waals surface area (Å²) in [5.74, 6) is -0.120. The van der Waals surface area contributed by atoms with Gasteiger partial charge >= 0.3 is 0 Å². The number of aliphatic hydroxyl groups is 1. The summed E-state index contributed by atoms with van der Waals surface area (Å²) in [6.45, 7) is 4.08. The Morgan fingerprint density at radius 2 is 2.18 bits per heavy atom. The minimum Gasteiger partial charge on any atom is -0.494 e. The third kappa shape index (κ3) is 3.68. The molecule has 0 saturated heterocycles. The van der Waals surface area contributed by atoms with E-state index in [4.69, 9.17) is 9.84 Å². The van der Waals surface area contributed by atoms with Gasteiger partial charge in [-0.1, -0.05) is 13.0 Å². The van der Waals surface area contributed by atoms with Crippen molar-refractivity contribution >= 4 is 0 Å². The first kappa shape index (κ1) is 13.9. The fourth-order valence-electron chi connectivity index (χ4n) is 1.70. The van der Waals surface area contributed by atoms with Crippen LogP contribution in [0.25, 0.3) is 0 Å². The van der Waals surface area contributed by atoms with Crippen LogP contribution in [0.15, 0.2) is 18.2 Å². The smallest absolute Gasteiger partial charge is 0.165 e. The molecule has 0 heterocycles. The van der Waals surface area contributed by atoms with Gasteiger partial charge in [-0.15, -0.1) is 0 Å². The third-order valence-corrected chi connectivity index (χ3v) is 2.87. The Balaban J connectivity index is 2.78. The molecular weight excluding hydrogens is 221 g/mol. The predicted molar refractivity (Wildman–Crippen MR) is 65.7 cm³/mol. The van der Waals surface area contributed by atoms with E-state index in [-0.39, 0.29) is 30.3 Å². The number of methoxy groups -OCH3 is 1. The van der Waals surface area contributed by atoms with Gasteiger partial charge in [-0.2, -0.15) is 0 Å². The summed E-state index contributed by atoms with van der Waals surface area (Å²) in [5.41, 5.74) is 0.940. The molecule has 0 bridgehead atoms. The average molecular weight is 241 g/mol. The molecule has 0 aliphatic carbocycles. The van der Waals surface area contributed by atoms with E-state index in [1.807, 2.05) is 13.8 Å². The second-order valence-corrected chi connectivity index (χ2v) is 4.07. The number of hydrogen-bond acceptors (Lipinski definition) is 3. The molecule has 0 aromatic heterocycles. The number of ether oxygens (including phenoxy) is 1. The van der Waals surface area contributed by atoms with Crippen LogP contribution in [0.3, 0.4) is 0 Å². The molecule has 2 atom stereocenters. The van der Waals surface area contributed by atoms with E-state index < -0.39 is 0 Å². The van der Waals surface area contributed by atoms with Gasteiger partial charge < -0.3 is 15.2 Å². The van der Waals surface area contributed by atoms with Crippen LogP contribution in [0.1, 0.15) is 31.9 Å². The van der Waals surface area contributed by atoms with Crippen molar-refractivity contribution in [1.29, 1.82) is 0 Å². The lowest BCUT2D eigenvalue weighted by Crippen LogP contribution is -2.33. The van der Waals surface area contributed by atoms with E-state index in [0.29, 0.717) is 0 Å². The van der Waals surface area contributed by atoms with Crippen LogP contribution < -0.4 is 10.1 Å². The van der Waals surface area contributed by atoms with E-state index >= 15 is 0 Å². The standard InChI is InChI=1S/C13H20FNO2/c1-4-11(8-16)15-9(2)10-5-6-12(14)13(7-10)17-3/h5-7,9,11,15-16H,4,8H2,1-3H3/t9?,11-/m0/s1. The van der Waals surface area contributed by atoms with E-state index in [1.165, 1.54) is 13.2 Å². The van der Waals surface area contributed by atoms with E-state index in [9.17, 15) is 4.39 Å². The van der Waals surface area contributed by atoms with Crippen molar-refractivity contribution in [3.63, 3.8) is 0 Å². The predicted octanol–water partition coefficient (Wildman–Crippen LogP) is 2.26. The normalized spacial score (nSPS) is 14.4. The third-order valence-electron chi connectivity index (χ3n) is 2.87. The molecular formula is C13H20FNO2. The van der Waals surface area contributed by atoms with Gasteiger partial charge in [0.25, 0.3) is 0 Å². The summed E-state index contributed by atoms with van der Waals surface area (Å²) < 4.78 is 18.2. The Kier molecular flexibility index (Phi) is 5.38. The highest BCUT2D eigenvalue weighted by Crippen LogP contribution is 2.22. The zero-order chi connectivity index (χ0) is 12.8. The van der Waals surface area contributed by atoms with Gasteiger partial charge in [-0.05, 0) is 31.0 Å². The maximum absolute atomic E-state index is 13.2. The van der Waals surface area contributed by atoms with E-state index in [1.54, 1.807) is 12.1 Å². The van der Waals surface area contributed by atoms with Gasteiger partial charge in [0.05, 0.1) is 13.7 Å². The Hall–Kier alpha value is -1.13. The van der Waals surface area contributed by atoms with Crippen molar-refractivity contribution in [3.8, 4) is 5.75 Å². The van der Waals surface area contributed by atoms with Crippen LogP contribution in [-0.2, 0) is 0 Å². The molecule has 96 valence electrons. The first-order valence-corrected chi connectivity index (χ1v) is 5.82. The Morgan fingerprint density at radius 3 is 2.71 bits per heavy atom. The fourth-order valence-corrected chi connectivity index (χ4v) is 1.70. The van der Waals surface area contributed by atoms with Crippen LogP contribution >= 0.6 is 0 Å². The van der Waals surface area contributed by atoms with Gasteiger partial charge in [0.2, 0.25) is 0 Å². The van der Waals surface area contributed by atoms with Gasteiger partial charge in [0, 0.05) is 12.1 Å². The molecule has 0 amide bonds. The molecule has 2 N–H and O–H groups in total. The van der Waals surface area contributed by atoms with Crippen LogP contribution in [0.4, 0.5) is 4.39 Å². The Labute approximate surface area is 102 Å². The fraction of sp³-hybridized carbons (Fsp3) is 0.538. The summed E-state index contributed by atoms with van der Waals surface area (Å²) in [4.78, 5) is 0. The lowest BCUT2D eigenvalue weighted by molar-refractivity contribution is 0.230. The summed E-state index contributed by atoms with van der Waals surface area (Å²) in [7, 11) is 1.45. The SMILES string of the molecule is CC[C@@H](CO)NC(C)c1ccc(F)c(OC)c1. The zero-order valence-corrected chi connectivity index (χ0v) is 10.5. The summed E-state index contributed by atoms with van der Waals surface area (Å²) in [5, 5.41) is 12.4. The molecule has 4 heteroatoms. The minimum absolute atomic E-state index is 0.0431. The molecule has 0 aliphatic heterocycles. The topological polar surface area (TPSA) is 41.5 Å². The lowest BCUT2D eigenvalue weighted by atomic mass is 10.1. The van der Waals surface area contributed by atoms with Crippen LogP contribution in [0.5, 0.6) is 5.75 Å². The molecule has 0 radical (unpaired) electrons. The van der Waals surface area contributed by atoms with Crippen molar-refractivity contribution in [3.05, 3.63) is 29.6 Å². The monoisotopic (exact) mass is 241 g/mol. The number of halogens is 1. The number of hydrogen-bond donors (Lipinski definition) is 2. The number of benzene rings is 1. The first-order chi connectivity index (χ1) is 8.12. The first-order valence-electron chi connectivity index (χ1n) is 5.82. The van der Waals surface area contributed by atoms with Crippen molar-refractivity contribution in [2.45, 2.75) is 32.4 Å². The Morgan fingerprint density at radius 1 is 1.47 bits per heavy atom. The highest BCUT2D eigenvalue weighted by Gasteiger charge is 2.13. The Bertz CT molecular complexity index is 353. The zero-order valence-electron chi connectivity index (χ0n) is 10.5. The molecule has 0 aliphatic rings. The molecule has 1 aromatic rings. The average Bonchev–Trinajstić information content (AvgIpc) is 2.36. The molecule has 1 aromatic carbocycles. The quantitative estimate of drug-likeness (QED) is 0.802. The summed E-state index contributed by atoms with van der Waals surface area (Å²) in [6, 6.07) is 4.89. The molecule has 1 unspecified atom stereocenters. The molecule has 3 nitrogen and oxygen atoms in total. The number of aliphatic hydroxyl groups excluding tert-OH is 1. The van der Waals surface area contributed by atoms with Gasteiger partial charge in [-0.25, -0.2) is 4.39 Å². The molecule has 17 heavy (non-hydrogen) atoms. The van der Waals surface area contributed by atoms with Gasteiger partial charge in [0.1, 0.15) is 0 Å². The van der Waals surface area contributed by atoms with Crippen molar-refractivity contribution in [2.24, 2.45) is 0 Å². The van der Waals surface area contributed by atoms with Crippen LogP contribution in [0.2, 0.25) is 0 Å². The highest BCUT2D eigenvalue weighted by atomic mass is 19.1. The minimum atomic E-state index is -0.363. The lowest BCUT2D eigenvalue weighted by Gasteiger charge is -2.21. The molecule has 0 spiro atoms. The second-order valence-electron chi connectivity index (χ2n) is 4.07. The van der Waals surface area contributed by atoms with Crippen molar-refractivity contribution < 1.29 is 14.2 Å².